The second-order valence-corrected chi connectivity index (χ2v) is 9.27. The number of sulfonamides is 2. The molecule has 0 saturated carbocycles. The molecular weight excluding hydrogens is 344 g/mol. The Labute approximate surface area is 135 Å². The molecule has 0 amide bonds. The third-order valence-electron chi connectivity index (χ3n) is 3.73. The first-order valence-electron chi connectivity index (χ1n) is 6.82. The summed E-state index contributed by atoms with van der Waals surface area (Å²) >= 11 is 0. The first kappa shape index (κ1) is 17.9. The quantitative estimate of drug-likeness (QED) is 0.804. The van der Waals surface area contributed by atoms with Crippen molar-refractivity contribution in [2.45, 2.75) is 11.8 Å². The zero-order valence-electron chi connectivity index (χ0n) is 12.8. The maximum absolute atomic E-state index is 12.6. The van der Waals surface area contributed by atoms with E-state index in [1.807, 2.05) is 0 Å². The minimum atomic E-state index is -3.78. The zero-order valence-corrected chi connectivity index (χ0v) is 14.4. The lowest BCUT2D eigenvalue weighted by atomic mass is 10.1. The van der Waals surface area contributed by atoms with Crippen LogP contribution >= 0.6 is 0 Å². The molecule has 1 heterocycles. The molecule has 8 nitrogen and oxygen atoms in total. The Kier molecular flexibility index (Phi) is 4.81. The van der Waals surface area contributed by atoms with Crippen molar-refractivity contribution in [2.75, 3.05) is 32.4 Å². The van der Waals surface area contributed by atoms with Gasteiger partial charge >= 0.3 is 5.97 Å². The van der Waals surface area contributed by atoms with E-state index in [0.717, 1.165) is 6.26 Å². The monoisotopic (exact) mass is 362 g/mol. The van der Waals surface area contributed by atoms with Gasteiger partial charge in [-0.1, -0.05) is 0 Å². The number of piperazine rings is 1. The van der Waals surface area contributed by atoms with E-state index in [0.29, 0.717) is 5.56 Å². The van der Waals surface area contributed by atoms with Crippen molar-refractivity contribution < 1.29 is 26.7 Å². The summed E-state index contributed by atoms with van der Waals surface area (Å²) < 4.78 is 50.5. The summed E-state index contributed by atoms with van der Waals surface area (Å²) in [6.07, 6.45) is 1.09. The first-order chi connectivity index (χ1) is 10.5. The van der Waals surface area contributed by atoms with Crippen LogP contribution in [0.5, 0.6) is 0 Å². The molecule has 0 atom stereocenters. The Bertz CT molecular complexity index is 824. The standard InChI is InChI=1S/C13H18N2O6S2/c1-10-9-11(3-4-12(10)13(16)17)23(20,21)15-7-5-14(6-8-15)22(2,18)19/h3-4,9H,5-8H2,1-2H3,(H,16,17). The molecule has 1 N–H and O–H groups in total. The number of hydrogen-bond donors (Lipinski definition) is 1. The summed E-state index contributed by atoms with van der Waals surface area (Å²) in [6, 6.07) is 3.84. The summed E-state index contributed by atoms with van der Waals surface area (Å²) in [5, 5.41) is 8.99. The van der Waals surface area contributed by atoms with Crippen LogP contribution in [0, 0.1) is 6.92 Å². The van der Waals surface area contributed by atoms with Crippen LogP contribution in [0.3, 0.4) is 0 Å². The molecule has 0 unspecified atom stereocenters. The molecule has 0 aromatic heterocycles. The number of benzene rings is 1. The van der Waals surface area contributed by atoms with Gasteiger partial charge in [0.25, 0.3) is 0 Å². The van der Waals surface area contributed by atoms with Crippen LogP contribution in [0.15, 0.2) is 23.1 Å². The van der Waals surface area contributed by atoms with Gasteiger partial charge in [0.05, 0.1) is 16.7 Å². The number of carboxylic acids is 1. The average molecular weight is 362 g/mol. The maximum atomic E-state index is 12.6. The van der Waals surface area contributed by atoms with Gasteiger partial charge in [0, 0.05) is 26.2 Å². The molecule has 0 aliphatic carbocycles. The highest BCUT2D eigenvalue weighted by Gasteiger charge is 2.31. The molecule has 0 radical (unpaired) electrons. The third kappa shape index (κ3) is 3.71. The molecule has 0 bridgehead atoms. The van der Waals surface area contributed by atoms with Crippen molar-refractivity contribution in [2.24, 2.45) is 0 Å². The number of hydrogen-bond acceptors (Lipinski definition) is 5. The van der Waals surface area contributed by atoms with E-state index in [9.17, 15) is 21.6 Å². The van der Waals surface area contributed by atoms with E-state index >= 15 is 0 Å². The number of rotatable bonds is 4. The van der Waals surface area contributed by atoms with Crippen LogP contribution in [0.4, 0.5) is 0 Å². The summed E-state index contributed by atoms with van der Waals surface area (Å²) in [5.41, 5.74) is 0.402. The fourth-order valence-corrected chi connectivity index (χ4v) is 4.76. The molecule has 1 fully saturated rings. The second kappa shape index (κ2) is 6.19. The van der Waals surface area contributed by atoms with Gasteiger partial charge in [-0.05, 0) is 30.7 Å². The normalized spacial score (nSPS) is 18.0. The van der Waals surface area contributed by atoms with Crippen molar-refractivity contribution in [3.63, 3.8) is 0 Å². The largest absolute Gasteiger partial charge is 0.478 e. The highest BCUT2D eigenvalue weighted by molar-refractivity contribution is 7.89. The van der Waals surface area contributed by atoms with Gasteiger partial charge in [-0.3, -0.25) is 0 Å². The Morgan fingerprint density at radius 3 is 2.00 bits per heavy atom. The molecule has 10 heteroatoms. The van der Waals surface area contributed by atoms with Crippen molar-refractivity contribution in [3.05, 3.63) is 29.3 Å². The maximum Gasteiger partial charge on any atom is 0.335 e. The molecule has 1 aromatic carbocycles. The van der Waals surface area contributed by atoms with Gasteiger partial charge in [0.15, 0.2) is 0 Å². The Morgan fingerprint density at radius 1 is 1.04 bits per heavy atom. The Balaban J connectivity index is 2.23. The van der Waals surface area contributed by atoms with E-state index in [-0.39, 0.29) is 36.6 Å². The number of aryl methyl sites for hydroxylation is 1. The number of nitrogens with zero attached hydrogens (tertiary/aromatic N) is 2. The predicted octanol–water partition coefficient (Wildman–Crippen LogP) is -0.0409. The second-order valence-electron chi connectivity index (χ2n) is 5.35. The molecule has 0 spiro atoms. The predicted molar refractivity (Wildman–Crippen MR) is 83.3 cm³/mol. The van der Waals surface area contributed by atoms with Crippen molar-refractivity contribution in [3.8, 4) is 0 Å². The summed E-state index contributed by atoms with van der Waals surface area (Å²) in [6.45, 7) is 1.86. The van der Waals surface area contributed by atoms with E-state index in [1.54, 1.807) is 0 Å². The smallest absolute Gasteiger partial charge is 0.335 e. The number of aromatic carboxylic acids is 1. The lowest BCUT2D eigenvalue weighted by Crippen LogP contribution is -2.50. The Hall–Kier alpha value is -1.49. The zero-order chi connectivity index (χ0) is 17.4. The van der Waals surface area contributed by atoms with Gasteiger partial charge in [-0.25, -0.2) is 21.6 Å². The third-order valence-corrected chi connectivity index (χ3v) is 6.93. The van der Waals surface area contributed by atoms with Crippen LogP contribution in [-0.2, 0) is 20.0 Å². The fraction of sp³-hybridized carbons (Fsp3) is 0.462. The minimum Gasteiger partial charge on any atom is -0.478 e. The van der Waals surface area contributed by atoms with Crippen LogP contribution in [0.25, 0.3) is 0 Å². The van der Waals surface area contributed by atoms with E-state index < -0.39 is 26.0 Å². The van der Waals surface area contributed by atoms with Crippen LogP contribution in [0.1, 0.15) is 15.9 Å². The van der Waals surface area contributed by atoms with Gasteiger partial charge < -0.3 is 5.11 Å². The first-order valence-corrected chi connectivity index (χ1v) is 10.1. The van der Waals surface area contributed by atoms with Crippen molar-refractivity contribution in [1.29, 1.82) is 0 Å². The van der Waals surface area contributed by atoms with Gasteiger partial charge in [0.1, 0.15) is 0 Å². The molecule has 1 aliphatic rings. The van der Waals surface area contributed by atoms with E-state index in [1.165, 1.54) is 33.7 Å². The van der Waals surface area contributed by atoms with Crippen molar-refractivity contribution >= 4 is 26.0 Å². The highest BCUT2D eigenvalue weighted by atomic mass is 32.2. The molecule has 1 saturated heterocycles. The lowest BCUT2D eigenvalue weighted by molar-refractivity contribution is 0.0696. The molecule has 128 valence electrons. The van der Waals surface area contributed by atoms with Crippen LogP contribution < -0.4 is 0 Å². The van der Waals surface area contributed by atoms with Gasteiger partial charge in [-0.15, -0.1) is 0 Å². The SMILES string of the molecule is Cc1cc(S(=O)(=O)N2CCN(S(C)(=O)=O)CC2)ccc1C(=O)O. The lowest BCUT2D eigenvalue weighted by Gasteiger charge is -2.32. The van der Waals surface area contributed by atoms with E-state index in [4.69, 9.17) is 5.11 Å². The summed E-state index contributed by atoms with van der Waals surface area (Å²) in [7, 11) is -7.11. The minimum absolute atomic E-state index is 0.00723. The highest BCUT2D eigenvalue weighted by Crippen LogP contribution is 2.21. The van der Waals surface area contributed by atoms with Gasteiger partial charge in [0.2, 0.25) is 20.0 Å². The summed E-state index contributed by atoms with van der Waals surface area (Å²) in [4.78, 5) is 11.0. The molecule has 1 aliphatic heterocycles. The van der Waals surface area contributed by atoms with Gasteiger partial charge in [-0.2, -0.15) is 8.61 Å². The van der Waals surface area contributed by atoms with Crippen LogP contribution in [0.2, 0.25) is 0 Å². The Morgan fingerprint density at radius 2 is 1.57 bits per heavy atom. The summed E-state index contributed by atoms with van der Waals surface area (Å²) in [5.74, 6) is -1.12. The van der Waals surface area contributed by atoms with Crippen molar-refractivity contribution in [1.82, 2.24) is 8.61 Å². The molecule has 23 heavy (non-hydrogen) atoms. The average Bonchev–Trinajstić information content (AvgIpc) is 2.46. The van der Waals surface area contributed by atoms with Crippen LogP contribution in [-0.4, -0.2) is 69.0 Å². The van der Waals surface area contributed by atoms with E-state index in [2.05, 4.69) is 0 Å². The molecule has 1 aromatic rings. The fourth-order valence-electron chi connectivity index (χ4n) is 2.43. The number of carbonyl (C=O) groups is 1. The topological polar surface area (TPSA) is 112 Å². The molecular formula is C13H18N2O6S2. The number of carboxylic acid groups (broad SMARTS) is 1. The molecule has 2 rings (SSSR count).